The van der Waals surface area contributed by atoms with E-state index in [1.165, 1.54) is 5.56 Å². The number of hydrogen-bond acceptors (Lipinski definition) is 3. The molecule has 26 heavy (non-hydrogen) atoms. The molecule has 1 amide bonds. The Morgan fingerprint density at radius 1 is 0.923 bits per heavy atom. The van der Waals surface area contributed by atoms with Crippen LogP contribution < -0.4 is 10.6 Å². The molecule has 1 aromatic heterocycles. The van der Waals surface area contributed by atoms with Crippen molar-refractivity contribution in [2.45, 2.75) is 6.42 Å². The van der Waals surface area contributed by atoms with Gasteiger partial charge in [0.15, 0.2) is 0 Å². The Morgan fingerprint density at radius 3 is 2.38 bits per heavy atom. The minimum atomic E-state index is -0.324. The molecule has 0 radical (unpaired) electrons. The smallest absolute Gasteiger partial charge is 0.274 e. The number of benzene rings is 2. The second-order valence-electron chi connectivity index (χ2n) is 5.70. The molecule has 4 nitrogen and oxygen atoms in total. The van der Waals surface area contributed by atoms with Gasteiger partial charge in [0.05, 0.1) is 0 Å². The summed E-state index contributed by atoms with van der Waals surface area (Å²) in [6, 6.07) is 18.6. The lowest BCUT2D eigenvalue weighted by Gasteiger charge is -2.09. The highest BCUT2D eigenvalue weighted by Crippen LogP contribution is 2.23. The van der Waals surface area contributed by atoms with Crippen LogP contribution in [0.2, 0.25) is 10.0 Å². The van der Waals surface area contributed by atoms with Gasteiger partial charge in [-0.25, -0.2) is 0 Å². The highest BCUT2D eigenvalue weighted by Gasteiger charge is 2.09. The molecule has 0 aliphatic heterocycles. The van der Waals surface area contributed by atoms with Gasteiger partial charge in [-0.2, -0.15) is 0 Å². The summed E-state index contributed by atoms with van der Waals surface area (Å²) in [7, 11) is 0. The van der Waals surface area contributed by atoms with Gasteiger partial charge in [-0.3, -0.25) is 9.78 Å². The number of carbonyl (C=O) groups is 1. The molecule has 0 spiro atoms. The van der Waals surface area contributed by atoms with E-state index in [4.69, 9.17) is 23.2 Å². The van der Waals surface area contributed by atoms with E-state index in [0.29, 0.717) is 21.4 Å². The highest BCUT2D eigenvalue weighted by molar-refractivity contribution is 6.35. The second-order valence-corrected chi connectivity index (χ2v) is 6.58. The van der Waals surface area contributed by atoms with E-state index in [1.54, 1.807) is 30.5 Å². The number of hydrogen-bond donors (Lipinski definition) is 2. The monoisotopic (exact) mass is 385 g/mol. The lowest BCUT2D eigenvalue weighted by atomic mass is 10.1. The highest BCUT2D eigenvalue weighted by atomic mass is 35.5. The van der Waals surface area contributed by atoms with Gasteiger partial charge in [0, 0.05) is 34.2 Å². The van der Waals surface area contributed by atoms with Crippen molar-refractivity contribution < 1.29 is 4.79 Å². The van der Waals surface area contributed by atoms with Crippen LogP contribution in [0.15, 0.2) is 66.9 Å². The molecule has 2 aromatic carbocycles. The number of aromatic nitrogens is 1. The zero-order chi connectivity index (χ0) is 18.4. The molecule has 0 saturated carbocycles. The summed E-state index contributed by atoms with van der Waals surface area (Å²) in [6.45, 7) is 0.763. The quantitative estimate of drug-likeness (QED) is 0.605. The van der Waals surface area contributed by atoms with E-state index in [2.05, 4.69) is 27.8 Å². The maximum Gasteiger partial charge on any atom is 0.274 e. The Balaban J connectivity index is 1.61. The van der Waals surface area contributed by atoms with E-state index in [9.17, 15) is 4.79 Å². The largest absolute Gasteiger partial charge is 0.385 e. The lowest BCUT2D eigenvalue weighted by Crippen LogP contribution is -2.14. The number of rotatable bonds is 6. The summed E-state index contributed by atoms with van der Waals surface area (Å²) in [4.78, 5) is 16.5. The first-order valence-corrected chi connectivity index (χ1v) is 8.87. The summed E-state index contributed by atoms with van der Waals surface area (Å²) < 4.78 is 0. The Labute approximate surface area is 162 Å². The molecule has 0 unspecified atom stereocenters. The molecule has 2 N–H and O–H groups in total. The SMILES string of the molecule is O=C(Nc1cc(Cl)cc(Cl)c1)c1cc(NCCc2ccccc2)ccn1. The van der Waals surface area contributed by atoms with Crippen molar-refractivity contribution in [2.75, 3.05) is 17.2 Å². The second kappa shape index (κ2) is 8.70. The number of pyridine rings is 1. The summed E-state index contributed by atoms with van der Waals surface area (Å²) in [5.41, 5.74) is 2.93. The number of anilines is 2. The molecule has 0 saturated heterocycles. The number of carbonyl (C=O) groups excluding carboxylic acids is 1. The lowest BCUT2D eigenvalue weighted by molar-refractivity contribution is 0.102. The maximum atomic E-state index is 12.4. The zero-order valence-corrected chi connectivity index (χ0v) is 15.4. The molecule has 1 heterocycles. The predicted octanol–water partition coefficient (Wildman–Crippen LogP) is 5.30. The van der Waals surface area contributed by atoms with Crippen molar-refractivity contribution in [2.24, 2.45) is 0 Å². The van der Waals surface area contributed by atoms with Crippen LogP contribution in [-0.4, -0.2) is 17.4 Å². The van der Waals surface area contributed by atoms with Crippen LogP contribution in [0.1, 0.15) is 16.1 Å². The fourth-order valence-electron chi connectivity index (χ4n) is 2.48. The first-order chi connectivity index (χ1) is 12.6. The molecular weight excluding hydrogens is 369 g/mol. The number of amides is 1. The normalized spacial score (nSPS) is 10.4. The van der Waals surface area contributed by atoms with Gasteiger partial charge >= 0.3 is 0 Å². The fourth-order valence-corrected chi connectivity index (χ4v) is 3.01. The van der Waals surface area contributed by atoms with Crippen molar-refractivity contribution in [1.82, 2.24) is 4.98 Å². The van der Waals surface area contributed by atoms with Gasteiger partial charge in [0.25, 0.3) is 5.91 Å². The van der Waals surface area contributed by atoms with E-state index in [-0.39, 0.29) is 5.91 Å². The average molecular weight is 386 g/mol. The third kappa shape index (κ3) is 5.22. The van der Waals surface area contributed by atoms with Crippen molar-refractivity contribution in [3.05, 3.63) is 88.2 Å². The molecule has 132 valence electrons. The fraction of sp³-hybridized carbons (Fsp3) is 0.100. The summed E-state index contributed by atoms with van der Waals surface area (Å²) in [5, 5.41) is 6.97. The Bertz CT molecular complexity index is 880. The van der Waals surface area contributed by atoms with Gasteiger partial charge in [0.2, 0.25) is 0 Å². The van der Waals surface area contributed by atoms with E-state index in [1.807, 2.05) is 24.3 Å². The average Bonchev–Trinajstić information content (AvgIpc) is 2.62. The molecule has 3 aromatic rings. The van der Waals surface area contributed by atoms with Crippen LogP contribution in [0.25, 0.3) is 0 Å². The van der Waals surface area contributed by atoms with Crippen molar-refractivity contribution in [1.29, 1.82) is 0 Å². The van der Waals surface area contributed by atoms with E-state index >= 15 is 0 Å². The zero-order valence-electron chi connectivity index (χ0n) is 13.9. The molecular formula is C20H17Cl2N3O. The van der Waals surface area contributed by atoms with Crippen LogP contribution in [0.3, 0.4) is 0 Å². The summed E-state index contributed by atoms with van der Waals surface area (Å²) in [5.74, 6) is -0.324. The van der Waals surface area contributed by atoms with Crippen LogP contribution >= 0.6 is 23.2 Å². The summed E-state index contributed by atoms with van der Waals surface area (Å²) >= 11 is 11.9. The van der Waals surface area contributed by atoms with Crippen LogP contribution in [0, 0.1) is 0 Å². The van der Waals surface area contributed by atoms with Crippen molar-refractivity contribution in [3.63, 3.8) is 0 Å². The van der Waals surface area contributed by atoms with Gasteiger partial charge in [0.1, 0.15) is 5.69 Å². The van der Waals surface area contributed by atoms with Crippen molar-refractivity contribution >= 4 is 40.5 Å². The number of halogens is 2. The molecule has 0 fully saturated rings. The van der Waals surface area contributed by atoms with Gasteiger partial charge in [-0.05, 0) is 42.3 Å². The van der Waals surface area contributed by atoms with Gasteiger partial charge < -0.3 is 10.6 Å². The molecule has 0 aliphatic rings. The Hall–Kier alpha value is -2.56. The molecule has 0 aliphatic carbocycles. The topological polar surface area (TPSA) is 54.0 Å². The van der Waals surface area contributed by atoms with Crippen LogP contribution in [0.5, 0.6) is 0 Å². The number of nitrogens with one attached hydrogen (secondary N) is 2. The minimum absolute atomic E-state index is 0.311. The third-order valence-corrected chi connectivity index (χ3v) is 4.14. The maximum absolute atomic E-state index is 12.4. The standard InChI is InChI=1S/C20H17Cl2N3O/c21-15-10-16(22)12-18(11-15)25-20(26)19-13-17(7-9-24-19)23-8-6-14-4-2-1-3-5-14/h1-5,7,9-13H,6,8H2,(H,23,24)(H,25,26). The Kier molecular flexibility index (Phi) is 6.10. The minimum Gasteiger partial charge on any atom is -0.385 e. The predicted molar refractivity (Wildman–Crippen MR) is 107 cm³/mol. The van der Waals surface area contributed by atoms with Gasteiger partial charge in [-0.15, -0.1) is 0 Å². The van der Waals surface area contributed by atoms with Crippen LogP contribution in [-0.2, 0) is 6.42 Å². The third-order valence-electron chi connectivity index (χ3n) is 3.70. The number of nitrogens with zero attached hydrogens (tertiary/aromatic N) is 1. The first-order valence-electron chi connectivity index (χ1n) is 8.11. The van der Waals surface area contributed by atoms with Crippen molar-refractivity contribution in [3.8, 4) is 0 Å². The van der Waals surface area contributed by atoms with Gasteiger partial charge in [-0.1, -0.05) is 53.5 Å². The summed E-state index contributed by atoms with van der Waals surface area (Å²) in [6.07, 6.45) is 2.50. The van der Waals surface area contributed by atoms with Crippen LogP contribution in [0.4, 0.5) is 11.4 Å². The molecule has 6 heteroatoms. The Morgan fingerprint density at radius 2 is 1.65 bits per heavy atom. The molecule has 3 rings (SSSR count). The van der Waals surface area contributed by atoms with E-state index < -0.39 is 0 Å². The molecule has 0 atom stereocenters. The van der Waals surface area contributed by atoms with E-state index in [0.717, 1.165) is 18.7 Å². The molecule has 0 bridgehead atoms. The first kappa shape index (κ1) is 18.2.